The second kappa shape index (κ2) is 6.25. The van der Waals surface area contributed by atoms with Crippen LogP contribution in [0, 0.1) is 9.85 Å². The van der Waals surface area contributed by atoms with Gasteiger partial charge in [0, 0.05) is 27.6 Å². The molecule has 0 saturated carbocycles. The van der Waals surface area contributed by atoms with Crippen molar-refractivity contribution in [2.75, 3.05) is 6.79 Å². The third-order valence-corrected chi connectivity index (χ3v) is 2.16. The summed E-state index contributed by atoms with van der Waals surface area (Å²) in [6.45, 7) is -0.349. The van der Waals surface area contributed by atoms with E-state index in [1.807, 2.05) is 34.7 Å². The molecule has 0 radical (unpaired) electrons. The van der Waals surface area contributed by atoms with Crippen LogP contribution in [-0.4, -0.2) is 11.9 Å². The highest BCUT2D eigenvalue weighted by molar-refractivity contribution is 14.1. The Hall–Kier alpha value is -0.280. The number of hydrogen-bond acceptors (Lipinski definition) is 2. The van der Waals surface area contributed by atoms with E-state index in [0.717, 1.165) is 5.56 Å². The van der Waals surface area contributed by atoms with E-state index in [4.69, 9.17) is 21.4 Å². The molecule has 0 aromatic heterocycles. The first kappa shape index (κ1) is 11.8. The molecule has 1 aromatic carbocycles. The smallest absolute Gasteiger partial charge is 0.147 e. The van der Waals surface area contributed by atoms with Crippen molar-refractivity contribution in [1.82, 2.24) is 0 Å². The highest BCUT2D eigenvalue weighted by atomic mass is 127. The van der Waals surface area contributed by atoms with E-state index in [9.17, 15) is 0 Å². The first-order valence-corrected chi connectivity index (χ1v) is 5.32. The molecule has 0 spiro atoms. The van der Waals surface area contributed by atoms with Gasteiger partial charge in [-0.15, -0.1) is 0 Å². The standard InChI is InChI=1S/C10H8ClIO2/c11-9-3-1-8(2-4-9)10(5-6-12)14-7-13/h1-4,10,13H,7H2/t10-/m1/s1. The van der Waals surface area contributed by atoms with Crippen LogP contribution >= 0.6 is 34.2 Å². The molecule has 0 aliphatic rings. The normalized spacial score (nSPS) is 11.6. The summed E-state index contributed by atoms with van der Waals surface area (Å²) in [5.41, 5.74) is 0.882. The fourth-order valence-electron chi connectivity index (χ4n) is 0.983. The highest BCUT2D eigenvalue weighted by Gasteiger charge is 2.07. The van der Waals surface area contributed by atoms with Crippen molar-refractivity contribution in [3.8, 4) is 9.85 Å². The minimum Gasteiger partial charge on any atom is -0.371 e. The van der Waals surface area contributed by atoms with Gasteiger partial charge in [0.05, 0.1) is 0 Å². The highest BCUT2D eigenvalue weighted by Crippen LogP contribution is 2.19. The molecule has 0 saturated heterocycles. The Bertz CT molecular complexity index is 339. The van der Waals surface area contributed by atoms with Crippen molar-refractivity contribution in [3.05, 3.63) is 34.9 Å². The molecular weight excluding hydrogens is 314 g/mol. The van der Waals surface area contributed by atoms with Gasteiger partial charge in [-0.1, -0.05) is 29.7 Å². The summed E-state index contributed by atoms with van der Waals surface area (Å²) in [5.74, 6) is 2.83. The van der Waals surface area contributed by atoms with Crippen LogP contribution in [0.1, 0.15) is 11.7 Å². The number of rotatable bonds is 3. The van der Waals surface area contributed by atoms with Crippen LogP contribution in [-0.2, 0) is 4.74 Å². The molecule has 14 heavy (non-hydrogen) atoms. The van der Waals surface area contributed by atoms with Gasteiger partial charge in [-0.2, -0.15) is 0 Å². The first-order chi connectivity index (χ1) is 6.77. The van der Waals surface area contributed by atoms with Gasteiger partial charge in [-0.3, -0.25) is 0 Å². The summed E-state index contributed by atoms with van der Waals surface area (Å²) in [6.07, 6.45) is -0.394. The quantitative estimate of drug-likeness (QED) is 0.527. The Morgan fingerprint density at radius 1 is 1.43 bits per heavy atom. The van der Waals surface area contributed by atoms with E-state index >= 15 is 0 Å². The number of halogens is 2. The fraction of sp³-hybridized carbons (Fsp3) is 0.200. The summed E-state index contributed by atoms with van der Waals surface area (Å²) in [6, 6.07) is 7.17. The van der Waals surface area contributed by atoms with Gasteiger partial charge in [0.15, 0.2) is 0 Å². The molecule has 2 nitrogen and oxygen atoms in total. The maximum absolute atomic E-state index is 8.66. The largest absolute Gasteiger partial charge is 0.371 e. The maximum Gasteiger partial charge on any atom is 0.147 e. The zero-order chi connectivity index (χ0) is 10.4. The Morgan fingerprint density at radius 3 is 2.57 bits per heavy atom. The van der Waals surface area contributed by atoms with E-state index in [1.165, 1.54) is 0 Å². The summed E-state index contributed by atoms with van der Waals surface area (Å²) in [7, 11) is 0. The summed E-state index contributed by atoms with van der Waals surface area (Å²) in [4.78, 5) is 0. The topological polar surface area (TPSA) is 29.5 Å². The molecule has 1 atom stereocenters. The number of aliphatic hydroxyl groups excluding tert-OH is 1. The Morgan fingerprint density at radius 2 is 2.07 bits per heavy atom. The second-order valence-electron chi connectivity index (χ2n) is 2.47. The average molecular weight is 323 g/mol. The van der Waals surface area contributed by atoms with Crippen LogP contribution in [0.4, 0.5) is 0 Å². The zero-order valence-corrected chi connectivity index (χ0v) is 10.1. The van der Waals surface area contributed by atoms with Crippen molar-refractivity contribution >= 4 is 34.2 Å². The molecule has 0 aliphatic heterocycles. The molecule has 0 heterocycles. The van der Waals surface area contributed by atoms with Gasteiger partial charge >= 0.3 is 0 Å². The maximum atomic E-state index is 8.66. The van der Waals surface area contributed by atoms with Crippen LogP contribution in [0.25, 0.3) is 0 Å². The van der Waals surface area contributed by atoms with Gasteiger partial charge < -0.3 is 9.84 Å². The van der Waals surface area contributed by atoms with Gasteiger partial charge in [0.2, 0.25) is 0 Å². The number of aliphatic hydroxyl groups is 1. The molecule has 0 aliphatic carbocycles. The zero-order valence-electron chi connectivity index (χ0n) is 7.21. The third-order valence-electron chi connectivity index (χ3n) is 1.60. The summed E-state index contributed by atoms with van der Waals surface area (Å²) < 4.78 is 7.76. The monoisotopic (exact) mass is 322 g/mol. The molecule has 0 amide bonds. The summed E-state index contributed by atoms with van der Waals surface area (Å²) >= 11 is 7.67. The van der Waals surface area contributed by atoms with Crippen molar-refractivity contribution < 1.29 is 9.84 Å². The van der Waals surface area contributed by atoms with Crippen molar-refractivity contribution in [1.29, 1.82) is 0 Å². The molecule has 1 rings (SSSR count). The number of benzene rings is 1. The van der Waals surface area contributed by atoms with Crippen molar-refractivity contribution in [3.63, 3.8) is 0 Å². The third kappa shape index (κ3) is 3.46. The minimum absolute atomic E-state index is 0.349. The van der Waals surface area contributed by atoms with Crippen molar-refractivity contribution in [2.24, 2.45) is 0 Å². The van der Waals surface area contributed by atoms with Gasteiger partial charge in [-0.05, 0) is 21.6 Å². The first-order valence-electron chi connectivity index (χ1n) is 3.87. The predicted molar refractivity (Wildman–Crippen MR) is 64.2 cm³/mol. The molecule has 0 bridgehead atoms. The Kier molecular flexibility index (Phi) is 5.26. The molecular formula is C10H8ClIO2. The molecule has 4 heteroatoms. The van der Waals surface area contributed by atoms with Gasteiger partial charge in [-0.25, -0.2) is 0 Å². The lowest BCUT2D eigenvalue weighted by Gasteiger charge is -2.09. The average Bonchev–Trinajstić information content (AvgIpc) is 2.19. The summed E-state index contributed by atoms with van der Waals surface area (Å²) in [5, 5.41) is 9.33. The van der Waals surface area contributed by atoms with Crippen molar-refractivity contribution in [2.45, 2.75) is 6.10 Å². The molecule has 0 fully saturated rings. The number of ether oxygens (including phenoxy) is 1. The minimum atomic E-state index is -0.394. The van der Waals surface area contributed by atoms with Gasteiger partial charge in [0.1, 0.15) is 12.9 Å². The SMILES string of the molecule is OCO[C@H](C#CI)c1ccc(Cl)cc1. The van der Waals surface area contributed by atoms with E-state index in [2.05, 4.69) is 9.85 Å². The Labute approximate surface area is 101 Å². The lowest BCUT2D eigenvalue weighted by Crippen LogP contribution is -2.02. The van der Waals surface area contributed by atoms with Crippen LogP contribution < -0.4 is 0 Å². The van der Waals surface area contributed by atoms with Crippen LogP contribution in [0.2, 0.25) is 5.02 Å². The number of hydrogen-bond donors (Lipinski definition) is 1. The van der Waals surface area contributed by atoms with Gasteiger partial charge in [0.25, 0.3) is 0 Å². The lowest BCUT2D eigenvalue weighted by atomic mass is 10.1. The van der Waals surface area contributed by atoms with Crippen LogP contribution in [0.3, 0.4) is 0 Å². The molecule has 0 unspecified atom stereocenters. The van der Waals surface area contributed by atoms with E-state index in [0.29, 0.717) is 5.02 Å². The molecule has 1 N–H and O–H groups in total. The van der Waals surface area contributed by atoms with Crippen LogP contribution in [0.15, 0.2) is 24.3 Å². The van der Waals surface area contributed by atoms with E-state index in [1.54, 1.807) is 12.1 Å². The Balaban J connectivity index is 2.85. The fourth-order valence-corrected chi connectivity index (χ4v) is 1.39. The lowest BCUT2D eigenvalue weighted by molar-refractivity contribution is -0.0282. The molecule has 1 aromatic rings. The van der Waals surface area contributed by atoms with E-state index in [-0.39, 0.29) is 6.79 Å². The van der Waals surface area contributed by atoms with Crippen LogP contribution in [0.5, 0.6) is 0 Å². The predicted octanol–water partition coefficient (Wildman–Crippen LogP) is 2.74. The second-order valence-corrected chi connectivity index (χ2v) is 3.44. The van der Waals surface area contributed by atoms with E-state index < -0.39 is 6.10 Å². The molecule has 74 valence electrons.